The highest BCUT2D eigenvalue weighted by Crippen LogP contribution is 2.56. The largest absolute Gasteiger partial charge is 0.501 e. The molecule has 2 aliphatic heterocycles. The van der Waals surface area contributed by atoms with Crippen LogP contribution in [0.2, 0.25) is 5.02 Å². The third-order valence-electron chi connectivity index (χ3n) is 13.3. The molecule has 0 N–H and O–H groups in total. The third kappa shape index (κ3) is 11.7. The van der Waals surface area contributed by atoms with Gasteiger partial charge in [0.25, 0.3) is 9.84 Å². The van der Waals surface area contributed by atoms with E-state index in [0.29, 0.717) is 83.8 Å². The zero-order valence-electron chi connectivity index (χ0n) is 41.4. The second kappa shape index (κ2) is 21.8. The van der Waals surface area contributed by atoms with Gasteiger partial charge in [-0.05, 0) is 156 Å². The first kappa shape index (κ1) is 54.5. The molecule has 2 fully saturated rings. The van der Waals surface area contributed by atoms with Crippen molar-refractivity contribution in [3.8, 4) is 22.4 Å². The summed E-state index contributed by atoms with van der Waals surface area (Å²) in [6.45, 7) is 8.55. The van der Waals surface area contributed by atoms with Gasteiger partial charge in [0.2, 0.25) is 0 Å². The van der Waals surface area contributed by atoms with Crippen LogP contribution in [0.1, 0.15) is 37.6 Å². The first-order valence-electron chi connectivity index (χ1n) is 23.9. The Morgan fingerprint density at radius 1 is 0.795 bits per heavy atom. The topological polar surface area (TPSA) is 112 Å². The summed E-state index contributed by atoms with van der Waals surface area (Å²) >= 11 is 7.81. The van der Waals surface area contributed by atoms with Crippen molar-refractivity contribution in [1.29, 1.82) is 0 Å². The van der Waals surface area contributed by atoms with E-state index in [1.807, 2.05) is 98.1 Å². The first-order chi connectivity index (χ1) is 34.5. The highest BCUT2D eigenvalue weighted by Gasteiger charge is 2.49. The molecule has 0 bridgehead atoms. The lowest BCUT2D eigenvalue weighted by Gasteiger charge is -2.37. The molecular formula is C53H59ClF4N5O6PS3. The summed E-state index contributed by atoms with van der Waals surface area (Å²) < 4.78 is 137. The zero-order chi connectivity index (χ0) is 52.6. The molecule has 0 radical (unpaired) electrons. The maximum Gasteiger partial charge on any atom is 0.501 e. The van der Waals surface area contributed by atoms with Crippen LogP contribution in [0, 0.1) is 18.7 Å². The molecule has 2 aliphatic rings. The molecule has 11 nitrogen and oxygen atoms in total. The van der Waals surface area contributed by atoms with Crippen molar-refractivity contribution in [2.75, 3.05) is 86.4 Å². The van der Waals surface area contributed by atoms with Crippen LogP contribution < -0.4 is 19.8 Å². The minimum absolute atomic E-state index is 0.000991. The molecule has 5 aromatic carbocycles. The quantitative estimate of drug-likeness (QED) is 0.0494. The number of anilines is 3. The number of piperazine rings is 1. The number of rotatable bonds is 17. The van der Waals surface area contributed by atoms with Crippen LogP contribution >= 0.6 is 30.9 Å². The van der Waals surface area contributed by atoms with Crippen LogP contribution in [0.3, 0.4) is 0 Å². The Bertz CT molecular complexity index is 3230. The van der Waals surface area contributed by atoms with Gasteiger partial charge in [-0.2, -0.15) is 13.2 Å². The monoisotopic (exact) mass is 1100 g/mol. The van der Waals surface area contributed by atoms with E-state index in [-0.39, 0.29) is 47.3 Å². The van der Waals surface area contributed by atoms with Crippen LogP contribution in [-0.2, 0) is 35.2 Å². The van der Waals surface area contributed by atoms with Crippen molar-refractivity contribution >= 4 is 72.9 Å². The Morgan fingerprint density at radius 3 is 2.03 bits per heavy atom. The van der Waals surface area contributed by atoms with Gasteiger partial charge in [-0.25, -0.2) is 21.2 Å². The molecule has 0 saturated carbocycles. The van der Waals surface area contributed by atoms with Gasteiger partial charge in [-0.15, -0.1) is 11.8 Å². The van der Waals surface area contributed by atoms with Gasteiger partial charge >= 0.3 is 13.0 Å². The van der Waals surface area contributed by atoms with Gasteiger partial charge in [-0.3, -0.25) is 9.24 Å². The van der Waals surface area contributed by atoms with Crippen LogP contribution in [0.15, 0.2) is 130 Å². The van der Waals surface area contributed by atoms with Crippen molar-refractivity contribution in [2.45, 2.75) is 59.8 Å². The van der Waals surface area contributed by atoms with Crippen molar-refractivity contribution in [3.05, 3.63) is 137 Å². The molecule has 73 heavy (non-hydrogen) atoms. The van der Waals surface area contributed by atoms with Gasteiger partial charge in [0.15, 0.2) is 9.84 Å². The highest BCUT2D eigenvalue weighted by atomic mass is 35.5. The average molecular weight is 1100 g/mol. The molecular weight excluding hydrogens is 1040 g/mol. The maximum atomic E-state index is 15.8. The zero-order valence-corrected chi connectivity index (χ0v) is 45.5. The molecule has 0 amide bonds. The van der Waals surface area contributed by atoms with Gasteiger partial charge in [-0.1, -0.05) is 48.0 Å². The average Bonchev–Trinajstić information content (AvgIpc) is 3.90. The summed E-state index contributed by atoms with van der Waals surface area (Å²) in [4.78, 5) is 6.36. The van der Waals surface area contributed by atoms with Gasteiger partial charge in [0.05, 0.1) is 33.9 Å². The number of nitrogens with zero attached hydrogens (tertiary/aromatic N) is 5. The summed E-state index contributed by atoms with van der Waals surface area (Å²) in [5.74, 6) is -0.162. The Morgan fingerprint density at radius 2 is 1.42 bits per heavy atom. The van der Waals surface area contributed by atoms with Crippen LogP contribution in [0.5, 0.6) is 0 Å². The van der Waals surface area contributed by atoms with Crippen LogP contribution in [0.25, 0.3) is 22.4 Å². The van der Waals surface area contributed by atoms with Gasteiger partial charge in [0.1, 0.15) is 5.82 Å². The molecule has 6 aromatic rings. The van der Waals surface area contributed by atoms with E-state index in [1.54, 1.807) is 43.0 Å². The minimum atomic E-state index is -5.86. The molecule has 1 aromatic heterocycles. The van der Waals surface area contributed by atoms with Gasteiger partial charge in [0, 0.05) is 82.5 Å². The summed E-state index contributed by atoms with van der Waals surface area (Å²) in [5, 5.41) is 0.373. The molecule has 2 saturated heterocycles. The van der Waals surface area contributed by atoms with E-state index in [1.165, 1.54) is 35.2 Å². The Hall–Kier alpha value is -4.81. The number of thioether (sulfide) groups is 1. The van der Waals surface area contributed by atoms with Crippen molar-refractivity contribution in [2.24, 2.45) is 5.92 Å². The second-order valence-electron chi connectivity index (χ2n) is 19.1. The van der Waals surface area contributed by atoms with Crippen molar-refractivity contribution < 1.29 is 43.5 Å². The fourth-order valence-electron chi connectivity index (χ4n) is 9.84. The summed E-state index contributed by atoms with van der Waals surface area (Å²) in [6.07, 6.45) is 1.82. The molecule has 0 aliphatic carbocycles. The summed E-state index contributed by atoms with van der Waals surface area (Å²) in [5.41, 5.74) is -0.911. The van der Waals surface area contributed by atoms with E-state index in [0.717, 1.165) is 22.2 Å². The molecule has 8 rings (SSSR count). The predicted molar refractivity (Wildman–Crippen MR) is 287 cm³/mol. The minimum Gasteiger partial charge on any atom is -0.368 e. The van der Waals surface area contributed by atoms with E-state index < -0.39 is 43.4 Å². The van der Waals surface area contributed by atoms with E-state index >= 15 is 4.39 Å². The Balaban J connectivity index is 1.02. The normalized spacial score (nSPS) is 17.3. The lowest BCUT2D eigenvalue weighted by molar-refractivity contribution is -0.0436. The van der Waals surface area contributed by atoms with E-state index in [2.05, 4.69) is 9.80 Å². The van der Waals surface area contributed by atoms with Crippen LogP contribution in [-0.4, -0.2) is 104 Å². The lowest BCUT2D eigenvalue weighted by atomic mass is 9.97. The number of sulfone groups is 2. The molecule has 0 spiro atoms. The van der Waals surface area contributed by atoms with E-state index in [4.69, 9.17) is 16.1 Å². The third-order valence-corrected chi connectivity index (χ3v) is 20.1. The standard InChI is InChI=1S/C53H59ClF4N5O6PS3/c1-36(2)63-37(3)52(72(6,65)66)50(51(63)39-12-15-42(54)16-13-39)41-31-43(55)33-46(32-41)61-26-24-60(25-27-61)44-17-19-45(20-18-44)62-28-29-69-70(62,64)47-21-14-40(49(34-47)73(67,68)53(56,57)58)30-38(22-23-59(4)5)35-71-48-10-8-7-9-11-48/h7-21,31-34,36,38H,22-30,35H2,1-6H3/t38-,70-/m0/s1. The lowest BCUT2D eigenvalue weighted by Crippen LogP contribution is -2.46. The smallest absolute Gasteiger partial charge is 0.368 e. The molecule has 2 atom stereocenters. The maximum absolute atomic E-state index is 15.8. The van der Waals surface area contributed by atoms with Crippen molar-refractivity contribution in [1.82, 2.24) is 9.47 Å². The molecule has 3 heterocycles. The number of aromatic nitrogens is 1. The molecule has 0 unspecified atom stereocenters. The molecule has 390 valence electrons. The molecule has 20 heteroatoms. The predicted octanol–water partition coefficient (Wildman–Crippen LogP) is 11.8. The Labute approximate surface area is 435 Å². The summed E-state index contributed by atoms with van der Waals surface area (Å²) in [6, 6.07) is 32.1. The SMILES string of the molecule is Cc1c(S(C)(=O)=O)c(-c2cc(F)cc(N3CCN(c4ccc(N5CCO[P@@]5(=O)c5ccc(C[C@H](CCN(C)C)CSc6ccccc6)c(S(=O)(=O)C(F)(F)F)c5)cc4)CC3)c2)c(-c2ccc(Cl)cc2)n1C(C)C. The summed E-state index contributed by atoms with van der Waals surface area (Å²) in [7, 11) is -9.95. The first-order valence-corrected chi connectivity index (χ1v) is 30.2. The highest BCUT2D eigenvalue weighted by molar-refractivity contribution is 7.99. The number of halogens is 5. The second-order valence-corrected chi connectivity index (χ2v) is 26.8. The van der Waals surface area contributed by atoms with Gasteiger partial charge < -0.3 is 23.8 Å². The number of hydrogen-bond acceptors (Lipinski definition) is 10. The Kier molecular flexibility index (Phi) is 16.3. The fraction of sp³-hybridized carbons (Fsp3) is 0.358. The number of benzene rings is 5. The number of hydrogen-bond donors (Lipinski definition) is 0. The van der Waals surface area contributed by atoms with Crippen molar-refractivity contribution in [3.63, 3.8) is 0 Å². The van der Waals surface area contributed by atoms with Crippen LogP contribution in [0.4, 0.5) is 34.6 Å². The fourth-order valence-corrected chi connectivity index (χ4v) is 15.6. The van der Waals surface area contributed by atoms with E-state index in [9.17, 15) is 34.6 Å². The number of alkyl halides is 3.